The first-order chi connectivity index (χ1) is 10.5. The van der Waals surface area contributed by atoms with Gasteiger partial charge in [0, 0.05) is 18.8 Å². The van der Waals surface area contributed by atoms with Crippen molar-refractivity contribution in [2.45, 2.75) is 6.92 Å². The van der Waals surface area contributed by atoms with E-state index in [0.29, 0.717) is 26.3 Å². The molecule has 120 valence electrons. The third kappa shape index (κ3) is 5.13. The van der Waals surface area contributed by atoms with Crippen LogP contribution in [0.3, 0.4) is 0 Å². The number of nitrogens with one attached hydrogen (secondary N) is 1. The van der Waals surface area contributed by atoms with Gasteiger partial charge in [-0.05, 0) is 31.7 Å². The summed E-state index contributed by atoms with van der Waals surface area (Å²) in [5, 5.41) is 2.84. The van der Waals surface area contributed by atoms with Gasteiger partial charge in [-0.15, -0.1) is 0 Å². The number of carbonyl (C=O) groups is 2. The van der Waals surface area contributed by atoms with Crippen LogP contribution in [0, 0.1) is 6.92 Å². The summed E-state index contributed by atoms with van der Waals surface area (Å²) in [7, 11) is 1.77. The van der Waals surface area contributed by atoms with E-state index in [1.54, 1.807) is 16.8 Å². The van der Waals surface area contributed by atoms with Gasteiger partial charge in [0.25, 0.3) is 0 Å². The second-order valence-corrected chi connectivity index (χ2v) is 5.58. The molecule has 0 aliphatic carbocycles. The van der Waals surface area contributed by atoms with E-state index in [1.165, 1.54) is 0 Å². The largest absolute Gasteiger partial charge is 0.378 e. The molecule has 1 heterocycles. The molecule has 1 aliphatic heterocycles. The van der Waals surface area contributed by atoms with Crippen molar-refractivity contribution in [3.05, 3.63) is 29.8 Å². The number of aryl methyl sites for hydroxylation is 1. The van der Waals surface area contributed by atoms with Gasteiger partial charge in [-0.3, -0.25) is 14.5 Å². The number of nitrogens with zero attached hydrogens (tertiary/aromatic N) is 2. The molecule has 6 nitrogen and oxygen atoms in total. The molecular weight excluding hydrogens is 282 g/mol. The van der Waals surface area contributed by atoms with Crippen LogP contribution in [0.2, 0.25) is 0 Å². The molecule has 0 spiro atoms. The highest BCUT2D eigenvalue weighted by Gasteiger charge is 2.19. The summed E-state index contributed by atoms with van der Waals surface area (Å²) in [5.74, 6) is -0.0861. The standard InChI is InChI=1S/C16H23N3O3/c1-13-4-3-5-14(10-13)17-15(20)11-18(2)12-16(21)19-6-8-22-9-7-19/h3-5,10H,6-9,11-12H2,1-2H3,(H,17,20). The molecule has 1 aliphatic rings. The van der Waals surface area contributed by atoms with Crippen LogP contribution in [-0.4, -0.2) is 68.1 Å². The van der Waals surface area contributed by atoms with Gasteiger partial charge >= 0.3 is 0 Å². The smallest absolute Gasteiger partial charge is 0.238 e. The van der Waals surface area contributed by atoms with Crippen molar-refractivity contribution in [2.75, 3.05) is 51.8 Å². The van der Waals surface area contributed by atoms with Crippen LogP contribution < -0.4 is 5.32 Å². The topological polar surface area (TPSA) is 61.9 Å². The molecule has 22 heavy (non-hydrogen) atoms. The number of benzene rings is 1. The van der Waals surface area contributed by atoms with Gasteiger partial charge in [0.15, 0.2) is 0 Å². The minimum Gasteiger partial charge on any atom is -0.378 e. The van der Waals surface area contributed by atoms with Crippen molar-refractivity contribution in [3.63, 3.8) is 0 Å². The van der Waals surface area contributed by atoms with Gasteiger partial charge in [0.2, 0.25) is 11.8 Å². The maximum Gasteiger partial charge on any atom is 0.238 e. The fraction of sp³-hybridized carbons (Fsp3) is 0.500. The van der Waals surface area contributed by atoms with Gasteiger partial charge in [-0.25, -0.2) is 0 Å². The fourth-order valence-electron chi connectivity index (χ4n) is 2.37. The molecule has 1 fully saturated rings. The Morgan fingerprint density at radius 2 is 2.00 bits per heavy atom. The maximum absolute atomic E-state index is 12.1. The van der Waals surface area contributed by atoms with E-state index < -0.39 is 0 Å². The molecule has 6 heteroatoms. The van der Waals surface area contributed by atoms with Crippen molar-refractivity contribution in [1.82, 2.24) is 9.80 Å². The summed E-state index contributed by atoms with van der Waals surface area (Å²) in [4.78, 5) is 27.6. The lowest BCUT2D eigenvalue weighted by Gasteiger charge is -2.28. The number of anilines is 1. The molecule has 1 aromatic carbocycles. The van der Waals surface area contributed by atoms with E-state index in [9.17, 15) is 9.59 Å². The molecular formula is C16H23N3O3. The molecule has 0 saturated carbocycles. The van der Waals surface area contributed by atoms with Crippen LogP contribution in [0.1, 0.15) is 5.56 Å². The van der Waals surface area contributed by atoms with Gasteiger partial charge in [0.05, 0.1) is 26.3 Å². The first-order valence-electron chi connectivity index (χ1n) is 7.45. The predicted molar refractivity (Wildman–Crippen MR) is 84.7 cm³/mol. The van der Waals surface area contributed by atoms with Gasteiger partial charge < -0.3 is 15.0 Å². The summed E-state index contributed by atoms with van der Waals surface area (Å²) < 4.78 is 5.22. The Balaban J connectivity index is 1.77. The zero-order valence-electron chi connectivity index (χ0n) is 13.2. The molecule has 2 rings (SSSR count). The monoisotopic (exact) mass is 305 g/mol. The Morgan fingerprint density at radius 3 is 2.68 bits per heavy atom. The van der Waals surface area contributed by atoms with E-state index in [0.717, 1.165) is 11.3 Å². The number of rotatable bonds is 5. The van der Waals surface area contributed by atoms with Crippen LogP contribution in [0.15, 0.2) is 24.3 Å². The Kier molecular flexibility index (Phi) is 5.91. The number of hydrogen-bond donors (Lipinski definition) is 1. The molecule has 1 saturated heterocycles. The van der Waals surface area contributed by atoms with Gasteiger partial charge in [-0.2, -0.15) is 0 Å². The van der Waals surface area contributed by atoms with Crippen molar-refractivity contribution in [2.24, 2.45) is 0 Å². The Bertz CT molecular complexity index is 527. The second kappa shape index (κ2) is 7.91. The molecule has 2 amide bonds. The lowest BCUT2D eigenvalue weighted by Crippen LogP contribution is -2.46. The highest BCUT2D eigenvalue weighted by atomic mass is 16.5. The molecule has 1 N–H and O–H groups in total. The Morgan fingerprint density at radius 1 is 1.27 bits per heavy atom. The molecule has 0 bridgehead atoms. The predicted octanol–water partition coefficient (Wildman–Crippen LogP) is 0.724. The van der Waals surface area contributed by atoms with E-state index in [1.807, 2.05) is 31.2 Å². The molecule has 0 aromatic heterocycles. The quantitative estimate of drug-likeness (QED) is 0.871. The normalized spacial score (nSPS) is 15.0. The van der Waals surface area contributed by atoms with Crippen molar-refractivity contribution < 1.29 is 14.3 Å². The first kappa shape index (κ1) is 16.5. The number of carbonyl (C=O) groups excluding carboxylic acids is 2. The fourth-order valence-corrected chi connectivity index (χ4v) is 2.37. The Hall–Kier alpha value is -1.92. The first-order valence-corrected chi connectivity index (χ1v) is 7.45. The average Bonchev–Trinajstić information content (AvgIpc) is 2.47. The minimum absolute atomic E-state index is 0.0363. The lowest BCUT2D eigenvalue weighted by atomic mass is 10.2. The van der Waals surface area contributed by atoms with Gasteiger partial charge in [0.1, 0.15) is 0 Å². The van der Waals surface area contributed by atoms with E-state index in [-0.39, 0.29) is 24.9 Å². The maximum atomic E-state index is 12.1. The number of ether oxygens (including phenoxy) is 1. The summed E-state index contributed by atoms with van der Waals surface area (Å²) in [6, 6.07) is 7.64. The highest BCUT2D eigenvalue weighted by Crippen LogP contribution is 2.09. The zero-order chi connectivity index (χ0) is 15.9. The summed E-state index contributed by atoms with van der Waals surface area (Å²) >= 11 is 0. The highest BCUT2D eigenvalue weighted by molar-refractivity contribution is 5.92. The summed E-state index contributed by atoms with van der Waals surface area (Å²) in [6.45, 7) is 4.82. The molecule has 0 radical (unpaired) electrons. The summed E-state index contributed by atoms with van der Waals surface area (Å²) in [5.41, 5.74) is 1.87. The van der Waals surface area contributed by atoms with Crippen molar-refractivity contribution in [1.29, 1.82) is 0 Å². The zero-order valence-corrected chi connectivity index (χ0v) is 13.2. The van der Waals surface area contributed by atoms with E-state index in [2.05, 4.69) is 5.32 Å². The van der Waals surface area contributed by atoms with E-state index in [4.69, 9.17) is 4.74 Å². The van der Waals surface area contributed by atoms with Crippen LogP contribution in [0.25, 0.3) is 0 Å². The second-order valence-electron chi connectivity index (χ2n) is 5.58. The number of morpholine rings is 1. The third-order valence-corrected chi connectivity index (χ3v) is 3.48. The lowest BCUT2D eigenvalue weighted by molar-refractivity contribution is -0.136. The molecule has 0 unspecified atom stereocenters. The number of amides is 2. The van der Waals surface area contributed by atoms with Crippen LogP contribution in [-0.2, 0) is 14.3 Å². The van der Waals surface area contributed by atoms with Crippen LogP contribution in [0.5, 0.6) is 0 Å². The molecule has 1 aromatic rings. The SMILES string of the molecule is Cc1cccc(NC(=O)CN(C)CC(=O)N2CCOCC2)c1. The average molecular weight is 305 g/mol. The summed E-state index contributed by atoms with van der Waals surface area (Å²) in [6.07, 6.45) is 0. The molecule has 0 atom stereocenters. The van der Waals surface area contributed by atoms with Crippen molar-refractivity contribution in [3.8, 4) is 0 Å². The number of likely N-dealkylation sites (N-methyl/N-ethyl adjacent to an activating group) is 1. The van der Waals surface area contributed by atoms with Crippen LogP contribution in [0.4, 0.5) is 5.69 Å². The third-order valence-electron chi connectivity index (χ3n) is 3.48. The Labute approximate surface area is 131 Å². The minimum atomic E-state index is -0.122. The van der Waals surface area contributed by atoms with E-state index >= 15 is 0 Å². The number of hydrogen-bond acceptors (Lipinski definition) is 4. The van der Waals surface area contributed by atoms with Gasteiger partial charge in [-0.1, -0.05) is 12.1 Å². The van der Waals surface area contributed by atoms with Crippen LogP contribution >= 0.6 is 0 Å². The van der Waals surface area contributed by atoms with Crippen molar-refractivity contribution >= 4 is 17.5 Å².